The van der Waals surface area contributed by atoms with E-state index in [2.05, 4.69) is 54.4 Å². The average Bonchev–Trinajstić information content (AvgIpc) is 2.68. The van der Waals surface area contributed by atoms with E-state index in [9.17, 15) is 0 Å². The lowest BCUT2D eigenvalue weighted by molar-refractivity contribution is 0.229. The number of benzene rings is 2. The summed E-state index contributed by atoms with van der Waals surface area (Å²) >= 11 is 0. The highest BCUT2D eigenvalue weighted by molar-refractivity contribution is 5.85. The van der Waals surface area contributed by atoms with Crippen molar-refractivity contribution in [1.29, 1.82) is 0 Å². The van der Waals surface area contributed by atoms with Gasteiger partial charge in [0.2, 0.25) is 0 Å². The predicted octanol–water partition coefficient (Wildman–Crippen LogP) is 6.05. The van der Waals surface area contributed by atoms with Gasteiger partial charge in [0, 0.05) is 12.4 Å². The molecule has 0 radical (unpaired) electrons. The molecule has 0 bridgehead atoms. The molecule has 2 aromatic carbocycles. The number of aryl methyl sites for hydroxylation is 1. The van der Waals surface area contributed by atoms with Gasteiger partial charge in [0.05, 0.1) is 6.61 Å². The lowest BCUT2D eigenvalue weighted by atomic mass is 9.93. The van der Waals surface area contributed by atoms with Crippen molar-refractivity contribution in [2.75, 3.05) is 6.61 Å². The van der Waals surface area contributed by atoms with Crippen LogP contribution in [-0.4, -0.2) is 11.6 Å². The van der Waals surface area contributed by atoms with Gasteiger partial charge in [-0.05, 0) is 53.6 Å². The van der Waals surface area contributed by atoms with Gasteiger partial charge >= 0.3 is 0 Å². The largest absolute Gasteiger partial charge is 0.493 e. The molecule has 1 atom stereocenters. The van der Waals surface area contributed by atoms with Crippen LogP contribution < -0.4 is 4.74 Å². The minimum absolute atomic E-state index is 0.590. The molecule has 130 valence electrons. The molecule has 3 rings (SSSR count). The maximum Gasteiger partial charge on any atom is 0.122 e. The quantitative estimate of drug-likeness (QED) is 0.475. The second kappa shape index (κ2) is 9.22. The Morgan fingerprint density at radius 3 is 2.56 bits per heavy atom. The van der Waals surface area contributed by atoms with E-state index in [4.69, 9.17) is 4.74 Å². The molecule has 0 N–H and O–H groups in total. The number of unbranched alkanes of at least 4 members (excludes halogenated alkanes) is 1. The summed E-state index contributed by atoms with van der Waals surface area (Å²) in [6.07, 6.45) is 9.57. The summed E-state index contributed by atoms with van der Waals surface area (Å²) in [5.74, 6) is 1.51. The Bertz CT molecular complexity index is 764. The lowest BCUT2D eigenvalue weighted by Crippen LogP contribution is -2.13. The van der Waals surface area contributed by atoms with E-state index in [1.807, 2.05) is 12.1 Å². The molecule has 25 heavy (non-hydrogen) atoms. The number of nitrogens with zero attached hydrogens (tertiary/aromatic N) is 1. The minimum Gasteiger partial charge on any atom is -0.493 e. The average molecular weight is 333 g/mol. The number of fused-ring (bicyclic) bond motifs is 1. The SMILES string of the molecule is CCCCC(CCc1cccc2ccccc12)COc1ccncc1. The Hall–Kier alpha value is -2.35. The second-order valence-corrected chi connectivity index (χ2v) is 6.68. The normalized spacial score (nSPS) is 12.2. The molecule has 0 fully saturated rings. The highest BCUT2D eigenvalue weighted by atomic mass is 16.5. The molecule has 0 spiro atoms. The zero-order valence-corrected chi connectivity index (χ0v) is 15.0. The van der Waals surface area contributed by atoms with E-state index in [1.165, 1.54) is 42.0 Å². The molecule has 0 saturated heterocycles. The first kappa shape index (κ1) is 17.5. The highest BCUT2D eigenvalue weighted by Crippen LogP contribution is 2.23. The van der Waals surface area contributed by atoms with Crippen LogP contribution in [0.4, 0.5) is 0 Å². The standard InChI is InChI=1S/C23H27NO/c1-2-3-7-19(18-25-22-14-16-24-17-15-22)12-13-21-10-6-9-20-8-4-5-11-23(20)21/h4-6,8-11,14-17,19H,2-3,7,12-13,18H2,1H3. The van der Waals surface area contributed by atoms with E-state index < -0.39 is 0 Å². The van der Waals surface area contributed by atoms with Crippen LogP contribution >= 0.6 is 0 Å². The van der Waals surface area contributed by atoms with Gasteiger partial charge in [0.15, 0.2) is 0 Å². The van der Waals surface area contributed by atoms with Gasteiger partial charge in [-0.2, -0.15) is 0 Å². The smallest absolute Gasteiger partial charge is 0.122 e. The van der Waals surface area contributed by atoms with Crippen molar-refractivity contribution in [3.8, 4) is 5.75 Å². The van der Waals surface area contributed by atoms with Crippen molar-refractivity contribution in [3.05, 3.63) is 72.6 Å². The first-order valence-electron chi connectivity index (χ1n) is 9.36. The number of hydrogen-bond donors (Lipinski definition) is 0. The third kappa shape index (κ3) is 5.06. The maximum absolute atomic E-state index is 6.00. The summed E-state index contributed by atoms with van der Waals surface area (Å²) in [4.78, 5) is 4.05. The Balaban J connectivity index is 1.63. The maximum atomic E-state index is 6.00. The molecule has 3 aromatic rings. The first-order valence-corrected chi connectivity index (χ1v) is 9.36. The van der Waals surface area contributed by atoms with Crippen molar-refractivity contribution in [1.82, 2.24) is 4.98 Å². The Labute approximate surface area is 150 Å². The fourth-order valence-corrected chi connectivity index (χ4v) is 3.32. The molecule has 0 aliphatic carbocycles. The summed E-state index contributed by atoms with van der Waals surface area (Å²) in [7, 11) is 0. The van der Waals surface area contributed by atoms with Crippen molar-refractivity contribution in [3.63, 3.8) is 0 Å². The van der Waals surface area contributed by atoms with Gasteiger partial charge in [-0.3, -0.25) is 4.98 Å². The Morgan fingerprint density at radius 2 is 1.72 bits per heavy atom. The van der Waals surface area contributed by atoms with Gasteiger partial charge in [0.25, 0.3) is 0 Å². The molecule has 0 aliphatic heterocycles. The van der Waals surface area contributed by atoms with Gasteiger partial charge < -0.3 is 4.74 Å². The third-order valence-corrected chi connectivity index (χ3v) is 4.80. The van der Waals surface area contributed by atoms with Crippen molar-refractivity contribution in [2.24, 2.45) is 5.92 Å². The van der Waals surface area contributed by atoms with Crippen LogP contribution in [-0.2, 0) is 6.42 Å². The van der Waals surface area contributed by atoms with Crippen LogP contribution in [0.25, 0.3) is 10.8 Å². The van der Waals surface area contributed by atoms with Crippen molar-refractivity contribution >= 4 is 10.8 Å². The summed E-state index contributed by atoms with van der Waals surface area (Å²) in [5.41, 5.74) is 1.45. The number of hydrogen-bond acceptors (Lipinski definition) is 2. The van der Waals surface area contributed by atoms with Gasteiger partial charge in [-0.1, -0.05) is 62.2 Å². The van der Waals surface area contributed by atoms with Crippen LogP contribution in [0.15, 0.2) is 67.0 Å². The molecule has 1 aromatic heterocycles. The van der Waals surface area contributed by atoms with Crippen LogP contribution in [0.2, 0.25) is 0 Å². The molecular formula is C23H27NO. The molecule has 2 nitrogen and oxygen atoms in total. The predicted molar refractivity (Wildman–Crippen MR) is 105 cm³/mol. The monoisotopic (exact) mass is 333 g/mol. The number of ether oxygens (including phenoxy) is 1. The zero-order valence-electron chi connectivity index (χ0n) is 15.0. The lowest BCUT2D eigenvalue weighted by Gasteiger charge is -2.18. The summed E-state index contributed by atoms with van der Waals surface area (Å²) in [6, 6.07) is 19.2. The van der Waals surface area contributed by atoms with Crippen LogP contribution in [0.1, 0.15) is 38.2 Å². The second-order valence-electron chi connectivity index (χ2n) is 6.68. The van der Waals surface area contributed by atoms with Gasteiger partial charge in [0.1, 0.15) is 5.75 Å². The van der Waals surface area contributed by atoms with Gasteiger partial charge in [-0.15, -0.1) is 0 Å². The number of pyridine rings is 1. The van der Waals surface area contributed by atoms with Crippen LogP contribution in [0.5, 0.6) is 5.75 Å². The first-order chi connectivity index (χ1) is 12.4. The van der Waals surface area contributed by atoms with Crippen molar-refractivity contribution in [2.45, 2.75) is 39.0 Å². The fourth-order valence-electron chi connectivity index (χ4n) is 3.32. The van der Waals surface area contributed by atoms with E-state index in [1.54, 1.807) is 12.4 Å². The van der Waals surface area contributed by atoms with E-state index in [0.29, 0.717) is 5.92 Å². The number of aromatic nitrogens is 1. The van der Waals surface area contributed by atoms with E-state index in [0.717, 1.165) is 18.8 Å². The molecule has 0 saturated carbocycles. The molecule has 0 amide bonds. The molecule has 0 aliphatic rings. The fraction of sp³-hybridized carbons (Fsp3) is 0.348. The summed E-state index contributed by atoms with van der Waals surface area (Å²) in [6.45, 7) is 3.04. The topological polar surface area (TPSA) is 22.1 Å². The number of rotatable bonds is 9. The van der Waals surface area contributed by atoms with Crippen LogP contribution in [0.3, 0.4) is 0 Å². The third-order valence-electron chi connectivity index (χ3n) is 4.80. The summed E-state index contributed by atoms with van der Waals surface area (Å²) < 4.78 is 6.00. The Morgan fingerprint density at radius 1 is 0.920 bits per heavy atom. The minimum atomic E-state index is 0.590. The van der Waals surface area contributed by atoms with Gasteiger partial charge in [-0.25, -0.2) is 0 Å². The Kier molecular flexibility index (Phi) is 6.44. The van der Waals surface area contributed by atoms with E-state index in [-0.39, 0.29) is 0 Å². The van der Waals surface area contributed by atoms with Crippen LogP contribution in [0, 0.1) is 5.92 Å². The van der Waals surface area contributed by atoms with Crippen molar-refractivity contribution < 1.29 is 4.74 Å². The molecule has 1 heterocycles. The van der Waals surface area contributed by atoms with E-state index >= 15 is 0 Å². The summed E-state index contributed by atoms with van der Waals surface area (Å²) in [5, 5.41) is 2.72. The molecular weight excluding hydrogens is 306 g/mol. The zero-order chi connectivity index (χ0) is 17.3. The molecule has 1 unspecified atom stereocenters. The highest BCUT2D eigenvalue weighted by Gasteiger charge is 2.11. The molecule has 2 heteroatoms.